The lowest BCUT2D eigenvalue weighted by Crippen LogP contribution is -2.36. The smallest absolute Gasteiger partial charge is 0.255 e. The molecule has 1 N–H and O–H groups in total. The number of carbonyl (C=O) groups is 1. The predicted molar refractivity (Wildman–Crippen MR) is 109 cm³/mol. The molecule has 0 radical (unpaired) electrons. The molecule has 0 atom stereocenters. The highest BCUT2D eigenvalue weighted by Gasteiger charge is 2.27. The van der Waals surface area contributed by atoms with Crippen molar-refractivity contribution in [2.24, 2.45) is 5.10 Å². The normalized spacial score (nSPS) is 11.6. The maximum atomic E-state index is 12.8. The third-order valence-electron chi connectivity index (χ3n) is 3.68. The Morgan fingerprint density at radius 3 is 2.61 bits per heavy atom. The van der Waals surface area contributed by atoms with E-state index in [4.69, 9.17) is 9.47 Å². The summed E-state index contributed by atoms with van der Waals surface area (Å²) in [6, 6.07) is 11.7. The predicted octanol–water partition coefficient (Wildman–Crippen LogP) is 2.24. The summed E-state index contributed by atoms with van der Waals surface area (Å²) in [7, 11) is 0.109. The minimum atomic E-state index is -3.98. The van der Waals surface area contributed by atoms with Crippen LogP contribution in [0.15, 0.2) is 56.9 Å². The summed E-state index contributed by atoms with van der Waals surface area (Å²) in [5.41, 5.74) is 3.08. The van der Waals surface area contributed by atoms with E-state index in [-0.39, 0.29) is 10.6 Å². The molecule has 10 heteroatoms. The van der Waals surface area contributed by atoms with Crippen molar-refractivity contribution in [2.75, 3.05) is 27.8 Å². The van der Waals surface area contributed by atoms with Gasteiger partial charge in [-0.2, -0.15) is 9.41 Å². The number of methoxy groups -OCH3 is 2. The summed E-state index contributed by atoms with van der Waals surface area (Å²) < 4.78 is 37.6. The third-order valence-corrected chi connectivity index (χ3v) is 5.99. The van der Waals surface area contributed by atoms with Crippen LogP contribution in [0.3, 0.4) is 0 Å². The zero-order chi connectivity index (χ0) is 20.7. The molecule has 0 aliphatic carbocycles. The first kappa shape index (κ1) is 21.9. The van der Waals surface area contributed by atoms with Crippen molar-refractivity contribution in [3.8, 4) is 11.5 Å². The summed E-state index contributed by atoms with van der Waals surface area (Å²) in [6.07, 6.45) is 1.46. The van der Waals surface area contributed by atoms with Crippen LogP contribution in [0.25, 0.3) is 0 Å². The van der Waals surface area contributed by atoms with Crippen LogP contribution in [0.4, 0.5) is 0 Å². The third kappa shape index (κ3) is 5.54. The van der Waals surface area contributed by atoms with Crippen LogP contribution < -0.4 is 14.9 Å². The Labute approximate surface area is 172 Å². The van der Waals surface area contributed by atoms with Crippen molar-refractivity contribution >= 4 is 38.1 Å². The molecule has 2 aromatic rings. The number of benzene rings is 2. The number of nitrogens with zero attached hydrogens (tertiary/aromatic N) is 2. The standard InChI is InChI=1S/C18H20BrN3O5S/c1-22(12-18(23)21-20-11-13-5-4-6-14(19)9-13)28(24,25)17-10-15(26-2)7-8-16(17)27-3/h4-11H,12H2,1-3H3,(H,21,23). The fraction of sp³-hybridized carbons (Fsp3) is 0.222. The minimum absolute atomic E-state index is 0.0951. The van der Waals surface area contributed by atoms with Gasteiger partial charge in [-0.15, -0.1) is 0 Å². The van der Waals surface area contributed by atoms with E-state index >= 15 is 0 Å². The van der Waals surface area contributed by atoms with E-state index in [9.17, 15) is 13.2 Å². The fourth-order valence-electron chi connectivity index (χ4n) is 2.24. The van der Waals surface area contributed by atoms with Gasteiger partial charge in [-0.1, -0.05) is 28.1 Å². The van der Waals surface area contributed by atoms with Crippen LogP contribution in [0.5, 0.6) is 11.5 Å². The summed E-state index contributed by atoms with van der Waals surface area (Å²) in [4.78, 5) is 12.0. The van der Waals surface area contributed by atoms with Gasteiger partial charge in [0.25, 0.3) is 5.91 Å². The number of halogens is 1. The lowest BCUT2D eigenvalue weighted by atomic mass is 10.2. The maximum absolute atomic E-state index is 12.8. The molecule has 150 valence electrons. The molecule has 0 aliphatic heterocycles. The molecule has 0 fully saturated rings. The second kappa shape index (κ2) is 9.67. The Morgan fingerprint density at radius 1 is 1.21 bits per heavy atom. The molecular formula is C18H20BrN3O5S. The van der Waals surface area contributed by atoms with E-state index in [1.165, 1.54) is 39.6 Å². The monoisotopic (exact) mass is 469 g/mol. The summed E-state index contributed by atoms with van der Waals surface area (Å²) >= 11 is 3.34. The molecule has 28 heavy (non-hydrogen) atoms. The number of hydrogen-bond acceptors (Lipinski definition) is 6. The van der Waals surface area contributed by atoms with Gasteiger partial charge in [-0.3, -0.25) is 4.79 Å². The number of hydrogen-bond donors (Lipinski definition) is 1. The molecule has 2 aromatic carbocycles. The van der Waals surface area contributed by atoms with Crippen LogP contribution >= 0.6 is 15.9 Å². The first-order valence-electron chi connectivity index (χ1n) is 8.03. The van der Waals surface area contributed by atoms with Crippen LogP contribution in [-0.2, 0) is 14.8 Å². The van der Waals surface area contributed by atoms with Crippen molar-refractivity contribution in [2.45, 2.75) is 4.90 Å². The van der Waals surface area contributed by atoms with Gasteiger partial charge < -0.3 is 9.47 Å². The highest BCUT2D eigenvalue weighted by atomic mass is 79.9. The lowest BCUT2D eigenvalue weighted by molar-refractivity contribution is -0.121. The van der Waals surface area contributed by atoms with Gasteiger partial charge in [0, 0.05) is 17.6 Å². The summed E-state index contributed by atoms with van der Waals surface area (Å²) in [6.45, 7) is -0.418. The Bertz CT molecular complexity index is 979. The fourth-order valence-corrected chi connectivity index (χ4v) is 3.95. The number of sulfonamides is 1. The van der Waals surface area contributed by atoms with Crippen molar-refractivity contribution < 1.29 is 22.7 Å². The minimum Gasteiger partial charge on any atom is -0.497 e. The Balaban J connectivity index is 2.08. The van der Waals surface area contributed by atoms with Gasteiger partial charge in [-0.25, -0.2) is 13.8 Å². The molecule has 0 heterocycles. The Hall–Kier alpha value is -2.43. The zero-order valence-corrected chi connectivity index (χ0v) is 18.0. The lowest BCUT2D eigenvalue weighted by Gasteiger charge is -2.18. The van der Waals surface area contributed by atoms with E-state index in [1.54, 1.807) is 6.07 Å². The first-order chi connectivity index (χ1) is 13.3. The van der Waals surface area contributed by atoms with Crippen LogP contribution in [-0.4, -0.2) is 52.7 Å². The highest BCUT2D eigenvalue weighted by molar-refractivity contribution is 9.10. The van der Waals surface area contributed by atoms with Crippen molar-refractivity contribution in [3.05, 3.63) is 52.5 Å². The molecule has 0 aliphatic rings. The number of rotatable bonds is 8. The number of nitrogens with one attached hydrogen (secondary N) is 1. The van der Waals surface area contributed by atoms with Crippen LogP contribution in [0.1, 0.15) is 5.56 Å². The average Bonchev–Trinajstić information content (AvgIpc) is 2.67. The van der Waals surface area contributed by atoms with Crippen LogP contribution in [0.2, 0.25) is 0 Å². The maximum Gasteiger partial charge on any atom is 0.255 e. The van der Waals surface area contributed by atoms with E-state index in [1.807, 2.05) is 24.3 Å². The van der Waals surface area contributed by atoms with Gasteiger partial charge in [0.05, 0.1) is 27.0 Å². The van der Waals surface area contributed by atoms with E-state index in [0.29, 0.717) is 5.75 Å². The van der Waals surface area contributed by atoms with Gasteiger partial charge in [0.15, 0.2) is 0 Å². The van der Waals surface area contributed by atoms with E-state index in [2.05, 4.69) is 26.5 Å². The van der Waals surface area contributed by atoms with Crippen molar-refractivity contribution in [3.63, 3.8) is 0 Å². The van der Waals surface area contributed by atoms with E-state index < -0.39 is 22.5 Å². The van der Waals surface area contributed by atoms with Gasteiger partial charge in [0.2, 0.25) is 10.0 Å². The molecular weight excluding hydrogens is 450 g/mol. The molecule has 0 saturated carbocycles. The first-order valence-corrected chi connectivity index (χ1v) is 10.3. The van der Waals surface area contributed by atoms with Crippen LogP contribution in [0, 0.1) is 0 Å². The van der Waals surface area contributed by atoms with E-state index in [0.717, 1.165) is 14.3 Å². The quantitative estimate of drug-likeness (QED) is 0.472. The van der Waals surface area contributed by atoms with Gasteiger partial charge in [0.1, 0.15) is 16.4 Å². The summed E-state index contributed by atoms with van der Waals surface area (Å²) in [5.74, 6) is -0.0734. The number of ether oxygens (including phenoxy) is 2. The largest absolute Gasteiger partial charge is 0.497 e. The van der Waals surface area contributed by atoms with Crippen molar-refractivity contribution in [1.82, 2.24) is 9.73 Å². The average molecular weight is 470 g/mol. The molecule has 8 nitrogen and oxygen atoms in total. The number of carbonyl (C=O) groups excluding carboxylic acids is 1. The Morgan fingerprint density at radius 2 is 1.96 bits per heavy atom. The summed E-state index contributed by atoms with van der Waals surface area (Å²) in [5, 5.41) is 3.84. The van der Waals surface area contributed by atoms with Crippen molar-refractivity contribution in [1.29, 1.82) is 0 Å². The number of amides is 1. The number of hydrazone groups is 1. The topological polar surface area (TPSA) is 97.3 Å². The molecule has 0 aromatic heterocycles. The second-order valence-electron chi connectivity index (χ2n) is 5.63. The molecule has 0 bridgehead atoms. The molecule has 1 amide bonds. The second-order valence-corrected chi connectivity index (χ2v) is 8.56. The Kier molecular flexibility index (Phi) is 7.55. The van der Waals surface area contributed by atoms with Gasteiger partial charge in [-0.05, 0) is 29.8 Å². The van der Waals surface area contributed by atoms with Gasteiger partial charge >= 0.3 is 0 Å². The molecule has 0 saturated heterocycles. The molecule has 0 spiro atoms. The SMILES string of the molecule is COc1ccc(OC)c(S(=O)(=O)N(C)CC(=O)NN=Cc2cccc(Br)c2)c1. The molecule has 2 rings (SSSR count). The highest BCUT2D eigenvalue weighted by Crippen LogP contribution is 2.30. The number of likely N-dealkylation sites (N-methyl/N-ethyl adjacent to an activating group) is 1. The zero-order valence-electron chi connectivity index (χ0n) is 15.5. The molecule has 0 unspecified atom stereocenters.